The molecule has 0 heterocycles. The molecule has 0 aliphatic carbocycles. The van der Waals surface area contributed by atoms with Crippen LogP contribution in [0.3, 0.4) is 0 Å². The van der Waals surface area contributed by atoms with Crippen LogP contribution in [0, 0.1) is 0 Å². The normalized spacial score (nSPS) is 13.3. The van der Waals surface area contributed by atoms with Crippen molar-refractivity contribution in [3.63, 3.8) is 0 Å². The summed E-state index contributed by atoms with van der Waals surface area (Å²) in [4.78, 5) is 10.8. The quantitative estimate of drug-likeness (QED) is 0.317. The number of hydrogen-bond acceptors (Lipinski definition) is 3. The first-order valence-corrected chi connectivity index (χ1v) is 8.92. The molecule has 0 aliphatic heterocycles. The molecule has 1 aromatic carbocycles. The number of carboxylic acid groups (broad SMARTS) is 1. The van der Waals surface area contributed by atoms with Gasteiger partial charge in [-0.15, -0.1) is 0 Å². The van der Waals surface area contributed by atoms with E-state index < -0.39 is 12.1 Å². The van der Waals surface area contributed by atoms with E-state index in [9.17, 15) is 9.90 Å². The molecule has 0 radical (unpaired) electrons. The summed E-state index contributed by atoms with van der Waals surface area (Å²) in [5.41, 5.74) is 0.221. The van der Waals surface area contributed by atoms with Gasteiger partial charge in [-0.1, -0.05) is 55.5 Å². The number of carboxylic acids is 1. The van der Waals surface area contributed by atoms with Crippen molar-refractivity contribution in [2.45, 2.75) is 38.7 Å². The molecule has 0 bridgehead atoms. The second kappa shape index (κ2) is 13.7. The van der Waals surface area contributed by atoms with Gasteiger partial charge >= 0.3 is 5.97 Å². The van der Waals surface area contributed by atoms with E-state index in [2.05, 4.69) is 25.2 Å². The van der Waals surface area contributed by atoms with Crippen molar-refractivity contribution in [1.29, 1.82) is 0 Å². The number of aliphatic hydroxyl groups excluding tert-OH is 1. The second-order valence-corrected chi connectivity index (χ2v) is 5.69. The fraction of sp³-hybridized carbons (Fsp3) is 0.318. The summed E-state index contributed by atoms with van der Waals surface area (Å²) >= 11 is 0. The number of ether oxygens (including phenoxy) is 1. The first kappa shape index (κ1) is 21.5. The van der Waals surface area contributed by atoms with Gasteiger partial charge in [0.25, 0.3) is 0 Å². The molecule has 1 rings (SSSR count). The van der Waals surface area contributed by atoms with Crippen molar-refractivity contribution in [1.82, 2.24) is 0 Å². The Bertz CT molecular complexity index is 624. The average Bonchev–Trinajstić information content (AvgIpc) is 2.63. The van der Waals surface area contributed by atoms with Gasteiger partial charge in [-0.2, -0.15) is 0 Å². The average molecular weight is 356 g/mol. The minimum atomic E-state index is -0.965. The van der Waals surface area contributed by atoms with Crippen LogP contribution in [0.5, 0.6) is 5.75 Å². The Balaban J connectivity index is 2.18. The summed E-state index contributed by atoms with van der Waals surface area (Å²) in [5.74, 6) is -0.377. The minimum absolute atomic E-state index is 0.221. The molecule has 0 unspecified atom stereocenters. The molecule has 0 spiro atoms. The van der Waals surface area contributed by atoms with Gasteiger partial charge < -0.3 is 14.9 Å². The van der Waals surface area contributed by atoms with E-state index in [4.69, 9.17) is 9.84 Å². The molecule has 0 amide bonds. The van der Waals surface area contributed by atoms with Crippen molar-refractivity contribution in [3.05, 3.63) is 78.4 Å². The van der Waals surface area contributed by atoms with E-state index in [0.29, 0.717) is 18.8 Å². The Labute approximate surface area is 155 Å². The molecule has 2 N–H and O–H groups in total. The highest BCUT2D eigenvalue weighted by Crippen LogP contribution is 2.12. The second-order valence-electron chi connectivity index (χ2n) is 5.69. The number of carbonyl (C=O) groups is 1. The van der Waals surface area contributed by atoms with Gasteiger partial charge in [0.1, 0.15) is 5.75 Å². The van der Waals surface area contributed by atoms with Gasteiger partial charge in [0.05, 0.1) is 18.3 Å². The van der Waals surface area contributed by atoms with Crippen molar-refractivity contribution < 1.29 is 19.7 Å². The Kier molecular flexibility index (Phi) is 11.3. The van der Waals surface area contributed by atoms with Crippen LogP contribution in [0.1, 0.15) is 43.0 Å². The van der Waals surface area contributed by atoms with Crippen LogP contribution < -0.4 is 4.74 Å². The summed E-state index contributed by atoms with van der Waals surface area (Å²) in [6.07, 6.45) is 18.9. The minimum Gasteiger partial charge on any atom is -0.493 e. The van der Waals surface area contributed by atoms with Crippen molar-refractivity contribution in [3.8, 4) is 5.75 Å². The van der Waals surface area contributed by atoms with Gasteiger partial charge in [-0.3, -0.25) is 0 Å². The highest BCUT2D eigenvalue weighted by atomic mass is 16.5. The topological polar surface area (TPSA) is 66.8 Å². The summed E-state index contributed by atoms with van der Waals surface area (Å²) in [7, 11) is 0. The van der Waals surface area contributed by atoms with Crippen molar-refractivity contribution in [2.75, 3.05) is 6.61 Å². The molecule has 1 aromatic rings. The maximum atomic E-state index is 10.8. The fourth-order valence-corrected chi connectivity index (χ4v) is 2.06. The lowest BCUT2D eigenvalue weighted by atomic mass is 10.2. The van der Waals surface area contributed by atoms with Crippen molar-refractivity contribution in [2.24, 2.45) is 0 Å². The van der Waals surface area contributed by atoms with Crippen LogP contribution >= 0.6 is 0 Å². The molecule has 1 atom stereocenters. The molecular weight excluding hydrogens is 328 g/mol. The SMILES string of the molecule is CC/C=C\CC/C=C/C=C\C=C\[C@@H](O)CCOc1ccc(C(=O)O)cc1. The van der Waals surface area contributed by atoms with Gasteiger partial charge in [-0.25, -0.2) is 4.79 Å². The van der Waals surface area contributed by atoms with Gasteiger partial charge in [0.15, 0.2) is 0 Å². The van der Waals surface area contributed by atoms with E-state index >= 15 is 0 Å². The fourth-order valence-electron chi connectivity index (χ4n) is 2.06. The van der Waals surface area contributed by atoms with Gasteiger partial charge in [0, 0.05) is 6.42 Å². The third-order valence-electron chi connectivity index (χ3n) is 3.49. The molecule has 4 nitrogen and oxygen atoms in total. The predicted octanol–water partition coefficient (Wildman–Crippen LogP) is 4.93. The zero-order valence-corrected chi connectivity index (χ0v) is 15.3. The number of rotatable bonds is 12. The van der Waals surface area contributed by atoms with Gasteiger partial charge in [-0.05, 0) is 43.5 Å². The Morgan fingerprint density at radius 3 is 2.42 bits per heavy atom. The number of aromatic carboxylic acids is 1. The lowest BCUT2D eigenvalue weighted by Gasteiger charge is -2.08. The number of unbranched alkanes of at least 4 members (excludes halogenated alkanes) is 1. The summed E-state index contributed by atoms with van der Waals surface area (Å²) in [6.45, 7) is 2.48. The molecule has 26 heavy (non-hydrogen) atoms. The molecule has 0 aliphatic rings. The lowest BCUT2D eigenvalue weighted by molar-refractivity contribution is 0.0697. The van der Waals surface area contributed by atoms with Gasteiger partial charge in [0.2, 0.25) is 0 Å². The number of hydrogen-bond donors (Lipinski definition) is 2. The Hall–Kier alpha value is -2.59. The third-order valence-corrected chi connectivity index (χ3v) is 3.49. The molecular formula is C22H28O4. The largest absolute Gasteiger partial charge is 0.493 e. The van der Waals surface area contributed by atoms with Crippen molar-refractivity contribution >= 4 is 5.97 Å². The zero-order chi connectivity index (χ0) is 19.0. The lowest BCUT2D eigenvalue weighted by Crippen LogP contribution is -2.09. The van der Waals surface area contributed by atoms with Crippen LogP contribution in [0.4, 0.5) is 0 Å². The molecule has 0 fully saturated rings. The highest BCUT2D eigenvalue weighted by Gasteiger charge is 2.03. The Morgan fingerprint density at radius 1 is 1.04 bits per heavy atom. The van der Waals surface area contributed by atoms with E-state index in [-0.39, 0.29) is 5.56 Å². The first-order chi connectivity index (χ1) is 12.6. The van der Waals surface area contributed by atoms with E-state index in [1.54, 1.807) is 18.2 Å². The van der Waals surface area contributed by atoms with Crippen LogP contribution in [0.2, 0.25) is 0 Å². The number of allylic oxidation sites excluding steroid dienone is 7. The monoisotopic (exact) mass is 356 g/mol. The molecule has 140 valence electrons. The van der Waals surface area contributed by atoms with Crippen LogP contribution in [-0.4, -0.2) is 28.9 Å². The summed E-state index contributed by atoms with van der Waals surface area (Å²) in [5, 5.41) is 18.7. The maximum Gasteiger partial charge on any atom is 0.335 e. The highest BCUT2D eigenvalue weighted by molar-refractivity contribution is 5.87. The van der Waals surface area contributed by atoms with Crippen LogP contribution in [0.15, 0.2) is 72.9 Å². The molecule has 0 saturated heterocycles. The first-order valence-electron chi connectivity index (χ1n) is 8.92. The predicted molar refractivity (Wildman–Crippen MR) is 106 cm³/mol. The standard InChI is InChI=1S/C22H28O4/c1-2-3-4-5-6-7-8-9-10-11-12-20(23)17-18-26-21-15-13-19(14-16-21)22(24)25/h3-4,7-16,20,23H,2,5-6,17-18H2,1H3,(H,24,25)/b4-3-,8-7+,10-9-,12-11+/t20-/m1/s1. The number of aliphatic hydroxyl groups is 1. The molecule has 4 heteroatoms. The summed E-state index contributed by atoms with van der Waals surface area (Å²) < 4.78 is 5.49. The van der Waals surface area contributed by atoms with E-state index in [1.165, 1.54) is 12.1 Å². The third kappa shape index (κ3) is 10.3. The van der Waals surface area contributed by atoms with Crippen LogP contribution in [0.25, 0.3) is 0 Å². The smallest absolute Gasteiger partial charge is 0.335 e. The Morgan fingerprint density at radius 2 is 1.73 bits per heavy atom. The van der Waals surface area contributed by atoms with E-state index in [1.807, 2.05) is 24.3 Å². The van der Waals surface area contributed by atoms with E-state index in [0.717, 1.165) is 19.3 Å². The maximum absolute atomic E-state index is 10.8. The molecule has 0 saturated carbocycles. The summed E-state index contributed by atoms with van der Waals surface area (Å²) in [6, 6.07) is 6.20. The molecule has 0 aromatic heterocycles. The zero-order valence-electron chi connectivity index (χ0n) is 15.3. The number of benzene rings is 1. The van der Waals surface area contributed by atoms with Crippen LogP contribution in [-0.2, 0) is 0 Å².